The number of nitrogens with one attached hydrogen (secondary N) is 2. The molecule has 0 bridgehead atoms. The number of fused-ring (bicyclic) bond motifs is 3. The molecule has 1 fully saturated rings. The van der Waals surface area contributed by atoms with Crippen LogP contribution in [0.5, 0.6) is 11.5 Å². The van der Waals surface area contributed by atoms with E-state index in [1.807, 2.05) is 0 Å². The SMILES string of the molecule is O=C(NC1c2ccc(OC(F)F)cc2-c2cc(OC(F)F)ccc21)C1CCC(C(F)(F)F)NC1=O. The zero-order valence-corrected chi connectivity index (χ0v) is 17.5. The number of hydrogen-bond acceptors (Lipinski definition) is 4. The number of benzene rings is 2. The van der Waals surface area contributed by atoms with Gasteiger partial charge in [-0.25, -0.2) is 0 Å². The number of amides is 2. The Morgan fingerprint density at radius 3 is 1.86 bits per heavy atom. The molecule has 35 heavy (non-hydrogen) atoms. The molecule has 2 amide bonds. The number of piperidine rings is 1. The zero-order chi connectivity index (χ0) is 25.5. The van der Waals surface area contributed by atoms with Gasteiger partial charge in [-0.05, 0) is 59.4 Å². The Kier molecular flexibility index (Phi) is 6.52. The van der Waals surface area contributed by atoms with Gasteiger partial charge in [-0.15, -0.1) is 0 Å². The second-order valence-electron chi connectivity index (χ2n) is 7.93. The Labute approximate surface area is 193 Å². The summed E-state index contributed by atoms with van der Waals surface area (Å²) >= 11 is 0. The molecule has 4 rings (SSSR count). The van der Waals surface area contributed by atoms with E-state index in [2.05, 4.69) is 14.8 Å². The molecule has 2 N–H and O–H groups in total. The van der Waals surface area contributed by atoms with Crippen molar-refractivity contribution in [2.45, 2.75) is 44.3 Å². The second-order valence-corrected chi connectivity index (χ2v) is 7.93. The molecular weight excluding hydrogens is 489 g/mol. The van der Waals surface area contributed by atoms with Crippen LogP contribution in [0.15, 0.2) is 36.4 Å². The Morgan fingerprint density at radius 2 is 1.43 bits per heavy atom. The van der Waals surface area contributed by atoms with E-state index in [1.165, 1.54) is 36.4 Å². The smallest absolute Gasteiger partial charge is 0.408 e. The number of hydrogen-bond donors (Lipinski definition) is 2. The first-order chi connectivity index (χ1) is 16.4. The number of ether oxygens (including phenoxy) is 2. The fraction of sp³-hybridized carbons (Fsp3) is 0.364. The molecule has 188 valence electrons. The quantitative estimate of drug-likeness (QED) is 0.446. The highest BCUT2D eigenvalue weighted by molar-refractivity contribution is 6.01. The number of alkyl halides is 7. The number of rotatable bonds is 6. The highest BCUT2D eigenvalue weighted by atomic mass is 19.4. The predicted octanol–water partition coefficient (Wildman–Crippen LogP) is 4.53. The lowest BCUT2D eigenvalue weighted by atomic mass is 9.92. The van der Waals surface area contributed by atoms with E-state index in [-0.39, 0.29) is 29.0 Å². The maximum atomic E-state index is 12.9. The van der Waals surface area contributed by atoms with Crippen molar-refractivity contribution < 1.29 is 49.8 Å². The molecule has 13 heteroatoms. The molecule has 2 aromatic rings. The van der Waals surface area contributed by atoms with Gasteiger partial charge in [-0.2, -0.15) is 30.7 Å². The number of halogens is 7. The van der Waals surface area contributed by atoms with Crippen LogP contribution in [0.3, 0.4) is 0 Å². The second kappa shape index (κ2) is 9.27. The van der Waals surface area contributed by atoms with Crippen molar-refractivity contribution in [2.75, 3.05) is 0 Å². The Bertz CT molecular complexity index is 1080. The first-order valence-electron chi connectivity index (χ1n) is 10.3. The monoisotopic (exact) mass is 506 g/mol. The minimum Gasteiger partial charge on any atom is -0.435 e. The van der Waals surface area contributed by atoms with E-state index in [0.717, 1.165) is 0 Å². The van der Waals surface area contributed by atoms with Crippen LogP contribution in [0.25, 0.3) is 11.1 Å². The molecule has 1 saturated heterocycles. The van der Waals surface area contributed by atoms with Crippen molar-refractivity contribution in [1.82, 2.24) is 10.6 Å². The highest BCUT2D eigenvalue weighted by Gasteiger charge is 2.46. The number of carbonyl (C=O) groups excluding carboxylic acids is 2. The molecule has 2 aliphatic rings. The van der Waals surface area contributed by atoms with Crippen LogP contribution < -0.4 is 20.1 Å². The highest BCUT2D eigenvalue weighted by Crippen LogP contribution is 2.46. The fourth-order valence-electron chi connectivity index (χ4n) is 4.26. The Hall–Kier alpha value is -3.51. The van der Waals surface area contributed by atoms with Gasteiger partial charge in [0.2, 0.25) is 11.8 Å². The minimum absolute atomic E-state index is 0.221. The van der Waals surface area contributed by atoms with Gasteiger partial charge < -0.3 is 20.1 Å². The standard InChI is InChI=1S/C22H17F7N2O4/c23-20(24)34-9-1-3-11-14(7-9)15-8-10(35-21(25)26)2-4-12(15)17(11)31-19(33)13-5-6-16(22(27,28)29)30-18(13)32/h1-4,7-8,13,16-17,20-21H,5-6H2,(H,30,32)(H,31,33). The van der Waals surface area contributed by atoms with Crippen molar-refractivity contribution in [3.63, 3.8) is 0 Å². The summed E-state index contributed by atoms with van der Waals surface area (Å²) in [7, 11) is 0. The van der Waals surface area contributed by atoms with Crippen molar-refractivity contribution in [3.8, 4) is 22.6 Å². The largest absolute Gasteiger partial charge is 0.435 e. The van der Waals surface area contributed by atoms with Gasteiger partial charge >= 0.3 is 19.4 Å². The van der Waals surface area contributed by atoms with E-state index in [4.69, 9.17) is 0 Å². The molecule has 1 aliphatic heterocycles. The van der Waals surface area contributed by atoms with Gasteiger partial charge in [0.1, 0.15) is 23.5 Å². The minimum atomic E-state index is -4.64. The summed E-state index contributed by atoms with van der Waals surface area (Å²) < 4.78 is 98.2. The summed E-state index contributed by atoms with van der Waals surface area (Å²) in [6.07, 6.45) is -5.46. The summed E-state index contributed by atoms with van der Waals surface area (Å²) in [4.78, 5) is 25.1. The topological polar surface area (TPSA) is 76.7 Å². The van der Waals surface area contributed by atoms with Gasteiger partial charge in [-0.3, -0.25) is 9.59 Å². The van der Waals surface area contributed by atoms with Crippen LogP contribution in [0.2, 0.25) is 0 Å². The Morgan fingerprint density at radius 1 is 0.914 bits per heavy atom. The molecule has 2 unspecified atom stereocenters. The predicted molar refractivity (Wildman–Crippen MR) is 106 cm³/mol. The summed E-state index contributed by atoms with van der Waals surface area (Å²) in [5.41, 5.74) is 1.34. The molecule has 1 aliphatic carbocycles. The lowest BCUT2D eigenvalue weighted by Gasteiger charge is -2.30. The van der Waals surface area contributed by atoms with Crippen molar-refractivity contribution >= 4 is 11.8 Å². The molecular formula is C22H17F7N2O4. The first kappa shape index (κ1) is 24.6. The van der Waals surface area contributed by atoms with Crippen molar-refractivity contribution in [2.24, 2.45) is 5.92 Å². The van der Waals surface area contributed by atoms with E-state index < -0.39 is 55.6 Å². The molecule has 0 spiro atoms. The number of carbonyl (C=O) groups is 2. The van der Waals surface area contributed by atoms with Crippen molar-refractivity contribution in [1.29, 1.82) is 0 Å². The third-order valence-corrected chi connectivity index (χ3v) is 5.79. The van der Waals surface area contributed by atoms with E-state index in [9.17, 15) is 40.3 Å². The van der Waals surface area contributed by atoms with E-state index in [0.29, 0.717) is 11.1 Å². The first-order valence-corrected chi connectivity index (χ1v) is 10.3. The third kappa shape index (κ3) is 5.13. The third-order valence-electron chi connectivity index (χ3n) is 5.79. The van der Waals surface area contributed by atoms with Crippen LogP contribution >= 0.6 is 0 Å². The Balaban J connectivity index is 1.63. The van der Waals surface area contributed by atoms with Crippen LogP contribution in [0.4, 0.5) is 30.7 Å². The molecule has 0 radical (unpaired) electrons. The molecule has 1 heterocycles. The fourth-order valence-corrected chi connectivity index (χ4v) is 4.26. The average molecular weight is 506 g/mol. The molecule has 0 saturated carbocycles. The molecule has 6 nitrogen and oxygen atoms in total. The van der Waals surface area contributed by atoms with Gasteiger partial charge in [-0.1, -0.05) is 12.1 Å². The van der Waals surface area contributed by atoms with Gasteiger partial charge in [0, 0.05) is 0 Å². The summed E-state index contributed by atoms with van der Waals surface area (Å²) in [5.74, 6) is -3.74. The maximum absolute atomic E-state index is 12.9. The van der Waals surface area contributed by atoms with E-state index >= 15 is 0 Å². The summed E-state index contributed by atoms with van der Waals surface area (Å²) in [6, 6.07) is 4.69. The lowest BCUT2D eigenvalue weighted by molar-refractivity contribution is -0.171. The van der Waals surface area contributed by atoms with Crippen LogP contribution in [0.1, 0.15) is 30.0 Å². The molecule has 2 atom stereocenters. The van der Waals surface area contributed by atoms with Crippen LogP contribution in [-0.4, -0.2) is 37.3 Å². The molecule has 0 aromatic heterocycles. The summed E-state index contributed by atoms with van der Waals surface area (Å²) in [6.45, 7) is -6.24. The van der Waals surface area contributed by atoms with Gasteiger partial charge in [0.25, 0.3) is 0 Å². The summed E-state index contributed by atoms with van der Waals surface area (Å²) in [5, 5.41) is 4.41. The van der Waals surface area contributed by atoms with Gasteiger partial charge in [0.05, 0.1) is 6.04 Å². The van der Waals surface area contributed by atoms with Crippen LogP contribution in [0, 0.1) is 5.92 Å². The zero-order valence-electron chi connectivity index (χ0n) is 17.5. The van der Waals surface area contributed by atoms with Gasteiger partial charge in [0.15, 0.2) is 0 Å². The van der Waals surface area contributed by atoms with E-state index in [1.54, 1.807) is 5.32 Å². The normalized spacial score (nSPS) is 19.9. The average Bonchev–Trinajstić information content (AvgIpc) is 3.04. The lowest BCUT2D eigenvalue weighted by Crippen LogP contribution is -2.54. The molecule has 2 aromatic carbocycles. The maximum Gasteiger partial charge on any atom is 0.408 e. The van der Waals surface area contributed by atoms with Crippen molar-refractivity contribution in [3.05, 3.63) is 47.5 Å². The van der Waals surface area contributed by atoms with Crippen LogP contribution in [-0.2, 0) is 9.59 Å².